The van der Waals surface area contributed by atoms with Crippen LogP contribution < -0.4 is 14.9 Å². The van der Waals surface area contributed by atoms with Crippen LogP contribution in [0.5, 0.6) is 11.5 Å². The number of ether oxygens (including phenoxy) is 3. The van der Waals surface area contributed by atoms with Gasteiger partial charge in [-0.1, -0.05) is 12.1 Å². The Bertz CT molecular complexity index is 873. The number of hydrogen-bond donors (Lipinski definition) is 1. The summed E-state index contributed by atoms with van der Waals surface area (Å²) in [7, 11) is 2.91. The smallest absolute Gasteiger partial charge is 0.337 e. The first-order valence-electron chi connectivity index (χ1n) is 8.91. The van der Waals surface area contributed by atoms with Crippen LogP contribution in [0.3, 0.4) is 0 Å². The molecule has 1 amide bonds. The maximum Gasteiger partial charge on any atom is 0.337 e. The molecule has 0 spiro atoms. The van der Waals surface area contributed by atoms with Crippen LogP contribution in [0.2, 0.25) is 0 Å². The van der Waals surface area contributed by atoms with Crippen molar-refractivity contribution in [2.24, 2.45) is 11.0 Å². The number of amides is 1. The average molecular weight is 382 g/mol. The number of methoxy groups -OCH3 is 2. The van der Waals surface area contributed by atoms with Crippen molar-refractivity contribution in [3.05, 3.63) is 59.2 Å². The van der Waals surface area contributed by atoms with Gasteiger partial charge < -0.3 is 14.2 Å². The molecule has 0 unspecified atom stereocenters. The Hall–Kier alpha value is -3.35. The predicted octanol–water partition coefficient (Wildman–Crippen LogP) is 2.92. The Morgan fingerprint density at radius 3 is 2.50 bits per heavy atom. The zero-order valence-electron chi connectivity index (χ0n) is 15.8. The molecule has 1 N–H and O–H groups in total. The largest absolute Gasteiger partial charge is 0.493 e. The highest BCUT2D eigenvalue weighted by atomic mass is 16.5. The summed E-state index contributed by atoms with van der Waals surface area (Å²) in [5, 5.41) is 3.97. The highest BCUT2D eigenvalue weighted by molar-refractivity contribution is 5.89. The zero-order chi connectivity index (χ0) is 19.9. The van der Waals surface area contributed by atoms with Gasteiger partial charge in [-0.2, -0.15) is 5.10 Å². The van der Waals surface area contributed by atoms with Crippen LogP contribution in [0.15, 0.2) is 47.6 Å². The van der Waals surface area contributed by atoms with Gasteiger partial charge in [-0.3, -0.25) is 4.79 Å². The molecular formula is C21H22N2O5. The summed E-state index contributed by atoms with van der Waals surface area (Å²) in [4.78, 5) is 23.0. The molecule has 146 valence electrons. The lowest BCUT2D eigenvalue weighted by molar-refractivity contribution is -0.122. The van der Waals surface area contributed by atoms with E-state index in [4.69, 9.17) is 9.47 Å². The highest BCUT2D eigenvalue weighted by Crippen LogP contribution is 2.29. The molecule has 0 saturated heterocycles. The van der Waals surface area contributed by atoms with Gasteiger partial charge in [0.15, 0.2) is 11.5 Å². The number of benzene rings is 2. The lowest BCUT2D eigenvalue weighted by Crippen LogP contribution is -2.18. The number of nitrogens with one attached hydrogen (secondary N) is 1. The molecule has 0 bridgehead atoms. The van der Waals surface area contributed by atoms with Crippen molar-refractivity contribution >= 4 is 18.1 Å². The Morgan fingerprint density at radius 2 is 1.86 bits per heavy atom. The second kappa shape index (κ2) is 9.03. The third kappa shape index (κ3) is 5.09. The van der Waals surface area contributed by atoms with Crippen molar-refractivity contribution in [3.8, 4) is 11.5 Å². The quantitative estimate of drug-likeness (QED) is 0.431. The number of nitrogens with zero attached hydrogens (tertiary/aromatic N) is 1. The van der Waals surface area contributed by atoms with Gasteiger partial charge in [-0.25, -0.2) is 10.2 Å². The Kier molecular flexibility index (Phi) is 6.26. The molecular weight excluding hydrogens is 360 g/mol. The van der Waals surface area contributed by atoms with Crippen molar-refractivity contribution in [2.45, 2.75) is 19.4 Å². The summed E-state index contributed by atoms with van der Waals surface area (Å²) in [6.45, 7) is 0.322. The van der Waals surface area contributed by atoms with E-state index in [1.165, 1.54) is 7.11 Å². The monoisotopic (exact) mass is 382 g/mol. The molecule has 0 atom stereocenters. The van der Waals surface area contributed by atoms with Gasteiger partial charge in [0.2, 0.25) is 5.91 Å². The van der Waals surface area contributed by atoms with Crippen molar-refractivity contribution in [3.63, 3.8) is 0 Å². The number of carbonyl (C=O) groups is 2. The first kappa shape index (κ1) is 19.4. The van der Waals surface area contributed by atoms with Crippen molar-refractivity contribution in [2.75, 3.05) is 14.2 Å². The SMILES string of the molecule is COC(=O)c1ccc(COc2ccc(/C=N/NC(=O)C3CC3)cc2OC)cc1. The third-order valence-electron chi connectivity index (χ3n) is 4.29. The van der Waals surface area contributed by atoms with Gasteiger partial charge >= 0.3 is 5.97 Å². The fraction of sp³-hybridized carbons (Fsp3) is 0.286. The Labute approximate surface area is 163 Å². The van der Waals surface area contributed by atoms with Gasteiger partial charge in [-0.15, -0.1) is 0 Å². The van der Waals surface area contributed by atoms with E-state index in [1.807, 2.05) is 18.2 Å². The molecule has 0 aliphatic heterocycles. The lowest BCUT2D eigenvalue weighted by atomic mass is 10.1. The van der Waals surface area contributed by atoms with Crippen LogP contribution in [0, 0.1) is 5.92 Å². The van der Waals surface area contributed by atoms with Gasteiger partial charge in [0.05, 0.1) is 26.0 Å². The van der Waals surface area contributed by atoms with Gasteiger partial charge in [0.1, 0.15) is 6.61 Å². The first-order valence-corrected chi connectivity index (χ1v) is 8.91. The minimum atomic E-state index is -0.375. The molecule has 1 saturated carbocycles. The summed E-state index contributed by atoms with van der Waals surface area (Å²) >= 11 is 0. The molecule has 0 radical (unpaired) electrons. The van der Waals surface area contributed by atoms with Gasteiger partial charge in [0, 0.05) is 5.92 Å². The highest BCUT2D eigenvalue weighted by Gasteiger charge is 2.29. The Balaban J connectivity index is 1.59. The van der Waals surface area contributed by atoms with E-state index in [2.05, 4.69) is 15.3 Å². The van der Waals surface area contributed by atoms with E-state index in [1.54, 1.807) is 37.6 Å². The second-order valence-corrected chi connectivity index (χ2v) is 6.40. The fourth-order valence-electron chi connectivity index (χ4n) is 2.51. The number of hydrogen-bond acceptors (Lipinski definition) is 6. The molecule has 1 fully saturated rings. The van der Waals surface area contributed by atoms with E-state index >= 15 is 0 Å². The summed E-state index contributed by atoms with van der Waals surface area (Å²) < 4.78 is 15.9. The second-order valence-electron chi connectivity index (χ2n) is 6.40. The normalized spacial score (nSPS) is 13.2. The molecule has 2 aromatic carbocycles. The van der Waals surface area contributed by atoms with E-state index in [0.717, 1.165) is 24.0 Å². The number of carbonyl (C=O) groups excluding carboxylic acids is 2. The summed E-state index contributed by atoms with van der Waals surface area (Å²) in [5.41, 5.74) is 4.71. The molecule has 0 heterocycles. The zero-order valence-corrected chi connectivity index (χ0v) is 15.8. The molecule has 3 rings (SSSR count). The summed E-state index contributed by atoms with van der Waals surface area (Å²) in [6.07, 6.45) is 3.44. The first-order chi connectivity index (χ1) is 13.6. The van der Waals surface area contributed by atoms with Gasteiger partial charge in [0.25, 0.3) is 0 Å². The van der Waals surface area contributed by atoms with Crippen molar-refractivity contribution < 1.29 is 23.8 Å². The molecule has 1 aliphatic carbocycles. The fourth-order valence-corrected chi connectivity index (χ4v) is 2.51. The number of esters is 1. The third-order valence-corrected chi connectivity index (χ3v) is 4.29. The summed E-state index contributed by atoms with van der Waals surface area (Å²) in [5.74, 6) is 0.840. The van der Waals surface area contributed by atoms with Crippen LogP contribution in [0.4, 0.5) is 0 Å². The van der Waals surface area contributed by atoms with Crippen LogP contribution >= 0.6 is 0 Å². The summed E-state index contributed by atoms with van der Waals surface area (Å²) in [6, 6.07) is 12.4. The van der Waals surface area contributed by atoms with Gasteiger partial charge in [-0.05, 0) is 54.3 Å². The molecule has 7 heteroatoms. The van der Waals surface area contributed by atoms with E-state index < -0.39 is 0 Å². The van der Waals surface area contributed by atoms with Crippen molar-refractivity contribution in [1.29, 1.82) is 0 Å². The van der Waals surface area contributed by atoms with Crippen molar-refractivity contribution in [1.82, 2.24) is 5.43 Å². The standard InChI is InChI=1S/C21H22N2O5/c1-26-19-11-15(12-22-23-20(24)16-8-9-16)5-10-18(19)28-13-14-3-6-17(7-4-14)21(25)27-2/h3-7,10-12,16H,8-9,13H2,1-2H3,(H,23,24)/b22-12+. The van der Waals surface area contributed by atoms with Crippen LogP contribution in [0.1, 0.15) is 34.3 Å². The maximum absolute atomic E-state index is 11.6. The molecule has 7 nitrogen and oxygen atoms in total. The van der Waals surface area contributed by atoms with Crippen LogP contribution in [-0.2, 0) is 16.1 Å². The maximum atomic E-state index is 11.6. The lowest BCUT2D eigenvalue weighted by Gasteiger charge is -2.11. The predicted molar refractivity (Wildman–Crippen MR) is 104 cm³/mol. The molecule has 2 aromatic rings. The van der Waals surface area contributed by atoms with E-state index in [9.17, 15) is 9.59 Å². The Morgan fingerprint density at radius 1 is 1.11 bits per heavy atom. The molecule has 1 aliphatic rings. The number of hydrazone groups is 1. The average Bonchev–Trinajstić information content (AvgIpc) is 3.58. The van der Waals surface area contributed by atoms with Crippen LogP contribution in [-0.4, -0.2) is 32.3 Å². The minimum Gasteiger partial charge on any atom is -0.493 e. The van der Waals surface area contributed by atoms with Crippen LogP contribution in [0.25, 0.3) is 0 Å². The minimum absolute atomic E-state index is 0.0404. The van der Waals surface area contributed by atoms with E-state index in [-0.39, 0.29) is 17.8 Å². The molecule has 28 heavy (non-hydrogen) atoms. The topological polar surface area (TPSA) is 86.2 Å². The van der Waals surface area contributed by atoms with E-state index in [0.29, 0.717) is 23.7 Å². The molecule has 0 aromatic heterocycles. The number of rotatable bonds is 8.